The van der Waals surface area contributed by atoms with Crippen molar-refractivity contribution in [2.24, 2.45) is 10.7 Å². The average molecular weight is 219 g/mol. The van der Waals surface area contributed by atoms with Crippen molar-refractivity contribution in [3.63, 3.8) is 0 Å². The zero-order valence-corrected chi connectivity index (χ0v) is 8.28. The summed E-state index contributed by atoms with van der Waals surface area (Å²) in [5, 5.41) is 0. The van der Waals surface area contributed by atoms with E-state index in [-0.39, 0.29) is 17.4 Å². The van der Waals surface area contributed by atoms with Crippen LogP contribution < -0.4 is 5.73 Å². The maximum atomic E-state index is 13.3. The molecule has 0 aliphatic heterocycles. The molecule has 0 heterocycles. The number of nitrogens with zero attached hydrogens (tertiary/aromatic N) is 1. The Morgan fingerprint density at radius 1 is 1.50 bits per heavy atom. The predicted molar refractivity (Wildman–Crippen MR) is 53.1 cm³/mol. The molecule has 0 fully saturated rings. The van der Waals surface area contributed by atoms with Gasteiger partial charge in [0.25, 0.3) is 0 Å². The summed E-state index contributed by atoms with van der Waals surface area (Å²) in [6, 6.07) is 2.47. The van der Waals surface area contributed by atoms with Crippen molar-refractivity contribution in [1.29, 1.82) is 0 Å². The fourth-order valence-electron chi connectivity index (χ4n) is 0.918. The first-order chi connectivity index (χ1) is 6.56. The number of alkyl halides is 1. The quantitative estimate of drug-likeness (QED) is 0.462. The first-order valence-corrected chi connectivity index (χ1v) is 4.43. The van der Waals surface area contributed by atoms with Crippen LogP contribution in [-0.4, -0.2) is 11.7 Å². The van der Waals surface area contributed by atoms with Crippen molar-refractivity contribution in [1.82, 2.24) is 0 Å². The van der Waals surface area contributed by atoms with Crippen LogP contribution in [-0.2, 0) is 0 Å². The van der Waals surface area contributed by atoms with Crippen LogP contribution in [0.3, 0.4) is 0 Å². The van der Waals surface area contributed by atoms with Crippen molar-refractivity contribution >= 4 is 23.1 Å². The summed E-state index contributed by atoms with van der Waals surface area (Å²) in [7, 11) is 0. The second-order valence-corrected chi connectivity index (χ2v) is 3.03. The summed E-state index contributed by atoms with van der Waals surface area (Å²) in [6.07, 6.45) is 0. The van der Waals surface area contributed by atoms with E-state index in [1.807, 2.05) is 0 Å². The molecule has 0 spiro atoms. The topological polar surface area (TPSA) is 38.4 Å². The molecule has 2 N–H and O–H groups in total. The Labute approximate surface area is 85.4 Å². The Bertz CT molecular complexity index is 377. The second kappa shape index (κ2) is 4.37. The molecule has 0 radical (unpaired) electrons. The highest BCUT2D eigenvalue weighted by Gasteiger charge is 2.10. The largest absolute Gasteiger partial charge is 0.386 e. The first-order valence-electron chi connectivity index (χ1n) is 3.90. The molecule has 2 nitrogen and oxygen atoms in total. The molecule has 0 saturated carbocycles. The lowest BCUT2D eigenvalue weighted by Gasteiger charge is -2.02. The first kappa shape index (κ1) is 10.9. The van der Waals surface area contributed by atoms with Crippen LogP contribution in [0.2, 0.25) is 0 Å². The number of rotatable bonds is 2. The number of nitrogens with two attached hydrogens (primary N) is 1. The number of hydrogen-bond donors (Lipinski definition) is 1. The van der Waals surface area contributed by atoms with Crippen LogP contribution in [0.4, 0.5) is 14.5 Å². The molecule has 0 atom stereocenters. The van der Waals surface area contributed by atoms with Gasteiger partial charge in [0.2, 0.25) is 0 Å². The highest BCUT2D eigenvalue weighted by Crippen LogP contribution is 2.24. The molecule has 1 rings (SSSR count). The maximum absolute atomic E-state index is 13.3. The van der Waals surface area contributed by atoms with Crippen LogP contribution in [0.25, 0.3) is 0 Å². The third kappa shape index (κ3) is 2.20. The van der Waals surface area contributed by atoms with E-state index in [1.165, 1.54) is 13.0 Å². The van der Waals surface area contributed by atoms with Crippen LogP contribution >= 0.6 is 11.6 Å². The molecular weight excluding hydrogens is 210 g/mol. The molecule has 1 aromatic carbocycles. The highest BCUT2D eigenvalue weighted by atomic mass is 35.5. The number of aliphatic imine (C=N–C) groups is 1. The van der Waals surface area contributed by atoms with E-state index in [1.54, 1.807) is 0 Å². The molecule has 14 heavy (non-hydrogen) atoms. The van der Waals surface area contributed by atoms with Crippen LogP contribution in [0, 0.1) is 18.6 Å². The third-order valence-corrected chi connectivity index (χ3v) is 1.93. The molecule has 0 aliphatic rings. The van der Waals surface area contributed by atoms with Crippen LogP contribution in [0.5, 0.6) is 0 Å². The maximum Gasteiger partial charge on any atom is 0.154 e. The Balaban J connectivity index is 3.26. The normalized spacial score (nSPS) is 11.9. The number of hydrogen-bond acceptors (Lipinski definition) is 1. The zero-order valence-electron chi connectivity index (χ0n) is 7.52. The molecule has 0 amide bonds. The molecule has 76 valence electrons. The van der Waals surface area contributed by atoms with E-state index in [0.717, 1.165) is 6.07 Å². The predicted octanol–water partition coefficient (Wildman–Crippen LogP) is 2.50. The van der Waals surface area contributed by atoms with Gasteiger partial charge in [0, 0.05) is 0 Å². The van der Waals surface area contributed by atoms with Crippen LogP contribution in [0.1, 0.15) is 5.56 Å². The van der Waals surface area contributed by atoms with E-state index in [4.69, 9.17) is 17.3 Å². The summed E-state index contributed by atoms with van der Waals surface area (Å²) in [4.78, 5) is 3.55. The molecule has 0 aliphatic carbocycles. The van der Waals surface area contributed by atoms with Crippen LogP contribution in [0.15, 0.2) is 17.1 Å². The number of halogens is 3. The van der Waals surface area contributed by atoms with Gasteiger partial charge < -0.3 is 5.73 Å². The molecule has 5 heteroatoms. The summed E-state index contributed by atoms with van der Waals surface area (Å²) < 4.78 is 26.4. The molecule has 0 bridgehead atoms. The van der Waals surface area contributed by atoms with Crippen molar-refractivity contribution < 1.29 is 8.78 Å². The van der Waals surface area contributed by atoms with Crippen molar-refractivity contribution in [2.75, 3.05) is 5.88 Å². The Kier molecular flexibility index (Phi) is 3.41. The minimum absolute atomic E-state index is 0.0185. The van der Waals surface area contributed by atoms with E-state index in [0.29, 0.717) is 5.56 Å². The van der Waals surface area contributed by atoms with E-state index >= 15 is 0 Å². The Hall–Kier alpha value is -1.16. The lowest BCUT2D eigenvalue weighted by atomic mass is 10.2. The van der Waals surface area contributed by atoms with E-state index in [9.17, 15) is 8.78 Å². The fourth-order valence-corrected chi connectivity index (χ4v) is 0.978. The molecule has 0 unspecified atom stereocenters. The van der Waals surface area contributed by atoms with Gasteiger partial charge in [-0.25, -0.2) is 13.8 Å². The van der Waals surface area contributed by atoms with E-state index < -0.39 is 11.6 Å². The van der Waals surface area contributed by atoms with Crippen molar-refractivity contribution in [3.8, 4) is 0 Å². The fraction of sp³-hybridized carbons (Fsp3) is 0.222. The molecule has 0 saturated heterocycles. The smallest absolute Gasteiger partial charge is 0.154 e. The minimum atomic E-state index is -0.749. The van der Waals surface area contributed by atoms with Gasteiger partial charge in [0.1, 0.15) is 11.5 Å². The van der Waals surface area contributed by atoms with Gasteiger partial charge >= 0.3 is 0 Å². The van der Waals surface area contributed by atoms with Crippen molar-refractivity contribution in [2.45, 2.75) is 6.92 Å². The Morgan fingerprint density at radius 3 is 2.71 bits per heavy atom. The summed E-state index contributed by atoms with van der Waals surface area (Å²) in [5.74, 6) is -1.54. The monoisotopic (exact) mass is 218 g/mol. The SMILES string of the molecule is Cc1ccc(F)c(N=C(N)CCl)c1F. The molecular formula is C9H9ClF2N2. The Morgan fingerprint density at radius 2 is 2.14 bits per heavy atom. The van der Waals surface area contributed by atoms with Gasteiger partial charge in [-0.1, -0.05) is 6.07 Å². The average Bonchev–Trinajstić information content (AvgIpc) is 2.18. The van der Waals surface area contributed by atoms with Gasteiger partial charge in [-0.05, 0) is 18.6 Å². The summed E-state index contributed by atoms with van der Waals surface area (Å²) in [6.45, 7) is 1.52. The lowest BCUT2D eigenvalue weighted by molar-refractivity contribution is 0.581. The third-order valence-electron chi connectivity index (χ3n) is 1.65. The standard InChI is InChI=1S/C9H9ClF2N2/c1-5-2-3-6(11)9(8(5)12)14-7(13)4-10/h2-3H,4H2,1H3,(H2,13,14). The second-order valence-electron chi connectivity index (χ2n) is 2.76. The number of aryl methyl sites for hydroxylation is 1. The molecule has 1 aromatic rings. The lowest BCUT2D eigenvalue weighted by Crippen LogP contribution is -2.12. The summed E-state index contributed by atoms with van der Waals surface area (Å²) in [5.41, 5.74) is 5.20. The molecule has 0 aromatic heterocycles. The van der Waals surface area contributed by atoms with Gasteiger partial charge in [-0.3, -0.25) is 0 Å². The zero-order chi connectivity index (χ0) is 10.7. The van der Waals surface area contributed by atoms with Gasteiger partial charge in [0.15, 0.2) is 11.6 Å². The van der Waals surface area contributed by atoms with Gasteiger partial charge in [-0.15, -0.1) is 11.6 Å². The number of benzene rings is 1. The van der Waals surface area contributed by atoms with Gasteiger partial charge in [0.05, 0.1) is 5.88 Å². The minimum Gasteiger partial charge on any atom is -0.386 e. The van der Waals surface area contributed by atoms with Crippen molar-refractivity contribution in [3.05, 3.63) is 29.3 Å². The summed E-state index contributed by atoms with van der Waals surface area (Å²) >= 11 is 5.35. The number of amidine groups is 1. The van der Waals surface area contributed by atoms with E-state index in [2.05, 4.69) is 4.99 Å². The van der Waals surface area contributed by atoms with Gasteiger partial charge in [-0.2, -0.15) is 0 Å². The highest BCUT2D eigenvalue weighted by molar-refractivity contribution is 6.28.